The van der Waals surface area contributed by atoms with Crippen LogP contribution >= 0.6 is 0 Å². The van der Waals surface area contributed by atoms with Gasteiger partial charge in [0.1, 0.15) is 6.54 Å². The van der Waals surface area contributed by atoms with Crippen LogP contribution in [0.1, 0.15) is 43.6 Å². The number of nitrogens with zero attached hydrogens (tertiary/aromatic N) is 5. The number of para-hydroxylation sites is 1. The standard InChI is InChI=1S/C38H37N5O2/c44-36(41-20-22-45-23-21-41)25-43-35-9-5-4-8-32(35)37(28-6-2-1-3-7-28)38(43)30-13-17-34-29(24-30)12-16-33(40-34)27-10-14-31(15-11-27)42-19-18-39-26-42/h4-5,8-19,24,26,28H,1-3,6-7,20-23,25H2. The Morgan fingerprint density at radius 3 is 2.47 bits per heavy atom. The molecule has 1 saturated carbocycles. The lowest BCUT2D eigenvalue weighted by Gasteiger charge is -2.28. The van der Waals surface area contributed by atoms with E-state index in [1.54, 1.807) is 12.5 Å². The van der Waals surface area contributed by atoms with Gasteiger partial charge in [0.05, 0.1) is 36.4 Å². The van der Waals surface area contributed by atoms with Crippen LogP contribution in [0.25, 0.3) is 50.0 Å². The average molecular weight is 596 g/mol. The third-order valence-electron chi connectivity index (χ3n) is 9.61. The summed E-state index contributed by atoms with van der Waals surface area (Å²) in [5.74, 6) is 0.640. The minimum Gasteiger partial charge on any atom is -0.378 e. The van der Waals surface area contributed by atoms with E-state index < -0.39 is 0 Å². The Labute approximate surface area is 263 Å². The fourth-order valence-corrected chi connectivity index (χ4v) is 7.31. The lowest BCUT2D eigenvalue weighted by molar-refractivity contribution is -0.135. The zero-order valence-electron chi connectivity index (χ0n) is 25.4. The molecular weight excluding hydrogens is 558 g/mol. The number of carbonyl (C=O) groups is 1. The van der Waals surface area contributed by atoms with Gasteiger partial charge in [-0.2, -0.15) is 0 Å². The highest BCUT2D eigenvalue weighted by molar-refractivity contribution is 5.96. The van der Waals surface area contributed by atoms with Gasteiger partial charge in [-0.3, -0.25) is 4.79 Å². The summed E-state index contributed by atoms with van der Waals surface area (Å²) < 4.78 is 9.82. The van der Waals surface area contributed by atoms with Gasteiger partial charge in [-0.05, 0) is 66.3 Å². The summed E-state index contributed by atoms with van der Waals surface area (Å²) in [6, 6.07) is 28.0. The Morgan fingerprint density at radius 2 is 1.67 bits per heavy atom. The molecular formula is C38H37N5O2. The van der Waals surface area contributed by atoms with Crippen molar-refractivity contribution in [2.45, 2.75) is 44.6 Å². The van der Waals surface area contributed by atoms with Crippen molar-refractivity contribution in [2.75, 3.05) is 26.3 Å². The molecule has 7 nitrogen and oxygen atoms in total. The molecule has 0 unspecified atom stereocenters. The van der Waals surface area contributed by atoms with Crippen molar-refractivity contribution >= 4 is 27.7 Å². The summed E-state index contributed by atoms with van der Waals surface area (Å²) in [7, 11) is 0. The molecule has 226 valence electrons. The molecule has 1 aliphatic carbocycles. The van der Waals surface area contributed by atoms with E-state index >= 15 is 0 Å². The van der Waals surface area contributed by atoms with Gasteiger partial charge >= 0.3 is 0 Å². The Kier molecular flexibility index (Phi) is 7.39. The monoisotopic (exact) mass is 595 g/mol. The Hall–Kier alpha value is -4.75. The normalized spacial score (nSPS) is 16.0. The quantitative estimate of drug-likeness (QED) is 0.199. The predicted octanol–water partition coefficient (Wildman–Crippen LogP) is 7.62. The molecule has 0 spiro atoms. The maximum atomic E-state index is 13.7. The number of imidazole rings is 1. The zero-order chi connectivity index (χ0) is 30.2. The van der Waals surface area contributed by atoms with Crippen molar-refractivity contribution in [1.82, 2.24) is 24.0 Å². The number of hydrogen-bond donors (Lipinski definition) is 0. The summed E-state index contributed by atoms with van der Waals surface area (Å²) in [6.07, 6.45) is 11.7. The Morgan fingerprint density at radius 1 is 0.867 bits per heavy atom. The Balaban J connectivity index is 1.21. The second-order valence-corrected chi connectivity index (χ2v) is 12.3. The fourth-order valence-electron chi connectivity index (χ4n) is 7.31. The highest BCUT2D eigenvalue weighted by Crippen LogP contribution is 2.44. The highest BCUT2D eigenvalue weighted by atomic mass is 16.5. The summed E-state index contributed by atoms with van der Waals surface area (Å²) in [5, 5.41) is 2.37. The molecule has 6 aromatic rings. The number of pyridine rings is 1. The molecule has 0 radical (unpaired) electrons. The van der Waals surface area contributed by atoms with Gasteiger partial charge in [0.25, 0.3) is 0 Å². The van der Waals surface area contributed by atoms with Crippen molar-refractivity contribution in [1.29, 1.82) is 0 Å². The molecule has 8 rings (SSSR count). The molecule has 3 aromatic carbocycles. The summed E-state index contributed by atoms with van der Waals surface area (Å²) in [4.78, 5) is 24.9. The van der Waals surface area contributed by atoms with Crippen molar-refractivity contribution in [2.24, 2.45) is 0 Å². The maximum absolute atomic E-state index is 13.7. The molecule has 0 atom stereocenters. The van der Waals surface area contributed by atoms with Crippen LogP contribution in [0.3, 0.4) is 0 Å². The molecule has 2 fully saturated rings. The third-order valence-corrected chi connectivity index (χ3v) is 9.61. The second-order valence-electron chi connectivity index (χ2n) is 12.3. The van der Waals surface area contributed by atoms with E-state index in [4.69, 9.17) is 9.72 Å². The van der Waals surface area contributed by atoms with Crippen molar-refractivity contribution in [3.05, 3.63) is 103 Å². The van der Waals surface area contributed by atoms with Crippen LogP contribution in [0.5, 0.6) is 0 Å². The molecule has 0 bridgehead atoms. The third kappa shape index (κ3) is 5.31. The van der Waals surface area contributed by atoms with Crippen LogP contribution in [-0.2, 0) is 16.1 Å². The lowest BCUT2D eigenvalue weighted by Crippen LogP contribution is -2.42. The SMILES string of the molecule is O=C(Cn1c(-c2ccc3nc(-c4ccc(-n5ccnc5)cc4)ccc3c2)c(C2CCCCC2)c2ccccc21)N1CCOCC1. The molecule has 1 aliphatic heterocycles. The number of benzene rings is 3. The van der Waals surface area contributed by atoms with E-state index in [0.717, 1.165) is 38.9 Å². The number of aromatic nitrogens is 4. The molecule has 4 heterocycles. The number of amides is 1. The first-order valence-corrected chi connectivity index (χ1v) is 16.2. The van der Waals surface area contributed by atoms with E-state index in [1.165, 1.54) is 48.7 Å². The van der Waals surface area contributed by atoms with Gasteiger partial charge in [-0.1, -0.05) is 61.7 Å². The largest absolute Gasteiger partial charge is 0.378 e. The fraction of sp³-hybridized carbons (Fsp3) is 0.289. The van der Waals surface area contributed by atoms with Crippen LogP contribution in [-0.4, -0.2) is 56.2 Å². The molecule has 0 N–H and O–H groups in total. The molecule has 45 heavy (non-hydrogen) atoms. The van der Waals surface area contributed by atoms with Crippen LogP contribution < -0.4 is 0 Å². The number of rotatable bonds is 6. The molecule has 3 aromatic heterocycles. The summed E-state index contributed by atoms with van der Waals surface area (Å²) in [5.41, 5.74) is 8.93. The number of ether oxygens (including phenoxy) is 1. The van der Waals surface area contributed by atoms with Gasteiger partial charge in [-0.15, -0.1) is 0 Å². The molecule has 1 amide bonds. The van der Waals surface area contributed by atoms with Gasteiger partial charge < -0.3 is 18.8 Å². The number of hydrogen-bond acceptors (Lipinski definition) is 4. The molecule has 7 heteroatoms. The van der Waals surface area contributed by atoms with Crippen molar-refractivity contribution in [3.8, 4) is 28.2 Å². The second kappa shape index (κ2) is 12.0. The summed E-state index contributed by atoms with van der Waals surface area (Å²) in [6.45, 7) is 2.84. The van der Waals surface area contributed by atoms with Gasteiger partial charge in [0.2, 0.25) is 5.91 Å². The predicted molar refractivity (Wildman–Crippen MR) is 178 cm³/mol. The lowest BCUT2D eigenvalue weighted by atomic mass is 9.82. The van der Waals surface area contributed by atoms with Crippen LogP contribution in [0.15, 0.2) is 97.6 Å². The number of fused-ring (bicyclic) bond motifs is 2. The smallest absolute Gasteiger partial charge is 0.242 e. The van der Waals surface area contributed by atoms with E-state index in [-0.39, 0.29) is 5.91 Å². The minimum atomic E-state index is 0.154. The topological polar surface area (TPSA) is 65.2 Å². The van der Waals surface area contributed by atoms with E-state index in [0.29, 0.717) is 38.8 Å². The number of morpholine rings is 1. The van der Waals surface area contributed by atoms with Crippen LogP contribution in [0.2, 0.25) is 0 Å². The first-order chi connectivity index (χ1) is 22.2. The van der Waals surface area contributed by atoms with Crippen molar-refractivity contribution < 1.29 is 9.53 Å². The van der Waals surface area contributed by atoms with Gasteiger partial charge in [0, 0.05) is 53.0 Å². The van der Waals surface area contributed by atoms with Gasteiger partial charge in [-0.25, -0.2) is 9.97 Å². The van der Waals surface area contributed by atoms with Gasteiger partial charge in [0.15, 0.2) is 0 Å². The number of carbonyl (C=O) groups excluding carboxylic acids is 1. The first kappa shape index (κ1) is 27.8. The maximum Gasteiger partial charge on any atom is 0.242 e. The highest BCUT2D eigenvalue weighted by Gasteiger charge is 2.28. The average Bonchev–Trinajstić information content (AvgIpc) is 3.76. The van der Waals surface area contributed by atoms with Crippen LogP contribution in [0, 0.1) is 0 Å². The Bertz CT molecular complexity index is 1960. The first-order valence-electron chi connectivity index (χ1n) is 16.2. The van der Waals surface area contributed by atoms with E-state index in [2.05, 4.69) is 88.4 Å². The van der Waals surface area contributed by atoms with Crippen molar-refractivity contribution in [3.63, 3.8) is 0 Å². The van der Waals surface area contributed by atoms with E-state index in [9.17, 15) is 4.79 Å². The zero-order valence-corrected chi connectivity index (χ0v) is 25.4. The van der Waals surface area contributed by atoms with Crippen LogP contribution in [0.4, 0.5) is 0 Å². The summed E-state index contributed by atoms with van der Waals surface area (Å²) >= 11 is 0. The molecule has 2 aliphatic rings. The van der Waals surface area contributed by atoms with E-state index in [1.807, 2.05) is 15.7 Å². The molecule has 1 saturated heterocycles. The minimum absolute atomic E-state index is 0.154.